The lowest BCUT2D eigenvalue weighted by atomic mass is 10.1. The van der Waals surface area contributed by atoms with E-state index < -0.39 is 0 Å². The number of ether oxygens (including phenoxy) is 2. The van der Waals surface area contributed by atoms with Gasteiger partial charge in [0, 0.05) is 29.4 Å². The van der Waals surface area contributed by atoms with Gasteiger partial charge in [-0.25, -0.2) is 0 Å². The first kappa shape index (κ1) is 22.5. The van der Waals surface area contributed by atoms with Gasteiger partial charge >= 0.3 is 0 Å². The van der Waals surface area contributed by atoms with Crippen LogP contribution < -0.4 is 14.8 Å². The summed E-state index contributed by atoms with van der Waals surface area (Å²) in [6.45, 7) is 2.50. The summed E-state index contributed by atoms with van der Waals surface area (Å²) < 4.78 is 18.0. The topological polar surface area (TPSA) is 91.4 Å². The number of methoxy groups -OCH3 is 2. The second kappa shape index (κ2) is 10.3. The Labute approximate surface area is 195 Å². The van der Waals surface area contributed by atoms with Crippen LogP contribution in [-0.2, 0) is 11.3 Å². The molecule has 0 atom stereocenters. The Bertz CT molecular complexity index is 1200. The number of nitrogens with one attached hydrogen (secondary N) is 1. The average Bonchev–Trinajstić information content (AvgIpc) is 3.48. The number of amides is 1. The number of hydrogen-bond acceptors (Lipinski definition) is 7. The van der Waals surface area contributed by atoms with E-state index in [0.29, 0.717) is 34.7 Å². The van der Waals surface area contributed by atoms with E-state index in [9.17, 15) is 4.79 Å². The lowest BCUT2D eigenvalue weighted by Crippen LogP contribution is -2.15. The second-order valence-corrected chi connectivity index (χ2v) is 8.22. The van der Waals surface area contributed by atoms with Gasteiger partial charge in [0.1, 0.15) is 17.3 Å². The molecule has 33 heavy (non-hydrogen) atoms. The maximum atomic E-state index is 12.6. The molecule has 4 rings (SSSR count). The fourth-order valence-corrected chi connectivity index (χ4v) is 3.96. The third-order valence-corrected chi connectivity index (χ3v) is 5.85. The molecule has 8 nitrogen and oxygen atoms in total. The molecule has 0 aliphatic heterocycles. The van der Waals surface area contributed by atoms with Gasteiger partial charge in [-0.1, -0.05) is 41.6 Å². The quantitative estimate of drug-likeness (QED) is 0.361. The van der Waals surface area contributed by atoms with E-state index in [2.05, 4.69) is 15.5 Å². The lowest BCUT2D eigenvalue weighted by Gasteiger charge is -2.11. The lowest BCUT2D eigenvalue weighted by molar-refractivity contribution is -0.113. The summed E-state index contributed by atoms with van der Waals surface area (Å²) in [5.74, 6) is 2.66. The van der Waals surface area contributed by atoms with E-state index in [1.807, 2.05) is 47.9 Å². The third-order valence-electron chi connectivity index (χ3n) is 4.89. The van der Waals surface area contributed by atoms with Crippen molar-refractivity contribution in [2.24, 2.45) is 0 Å². The number of nitrogens with zero attached hydrogens (tertiary/aromatic N) is 3. The standard InChI is InChI=1S/C24H24N4O4S/c1-16-6-8-17(9-7-16)23-26-27-24(28(23)14-19-5-4-10-32-19)33-15-22(29)25-18-11-20(30-2)13-21(12-18)31-3/h4-13H,14-15H2,1-3H3,(H,25,29). The van der Waals surface area contributed by atoms with Crippen molar-refractivity contribution in [3.05, 3.63) is 72.2 Å². The maximum Gasteiger partial charge on any atom is 0.234 e. The monoisotopic (exact) mass is 464 g/mol. The van der Waals surface area contributed by atoms with Crippen LogP contribution in [0.25, 0.3) is 11.4 Å². The van der Waals surface area contributed by atoms with Crippen LogP contribution in [0, 0.1) is 6.92 Å². The molecule has 0 bridgehead atoms. The molecule has 0 saturated carbocycles. The highest BCUT2D eigenvalue weighted by atomic mass is 32.2. The summed E-state index contributed by atoms with van der Waals surface area (Å²) in [6, 6.07) is 17.0. The first-order valence-electron chi connectivity index (χ1n) is 10.2. The van der Waals surface area contributed by atoms with Crippen molar-refractivity contribution in [2.45, 2.75) is 18.6 Å². The fraction of sp³-hybridized carbons (Fsp3) is 0.208. The Morgan fingerprint density at radius 2 is 1.79 bits per heavy atom. The SMILES string of the molecule is COc1cc(NC(=O)CSc2nnc(-c3ccc(C)cc3)n2Cc2ccco2)cc(OC)c1. The van der Waals surface area contributed by atoms with E-state index in [4.69, 9.17) is 13.9 Å². The largest absolute Gasteiger partial charge is 0.497 e. The minimum absolute atomic E-state index is 0.156. The van der Waals surface area contributed by atoms with E-state index in [-0.39, 0.29) is 11.7 Å². The van der Waals surface area contributed by atoms with Crippen molar-refractivity contribution in [2.75, 3.05) is 25.3 Å². The number of benzene rings is 2. The predicted molar refractivity (Wildman–Crippen MR) is 127 cm³/mol. The zero-order valence-corrected chi connectivity index (χ0v) is 19.4. The number of hydrogen-bond donors (Lipinski definition) is 1. The van der Waals surface area contributed by atoms with Crippen LogP contribution in [0.3, 0.4) is 0 Å². The summed E-state index contributed by atoms with van der Waals surface area (Å²) in [4.78, 5) is 12.6. The highest BCUT2D eigenvalue weighted by molar-refractivity contribution is 7.99. The molecule has 0 saturated heterocycles. The summed E-state index contributed by atoms with van der Waals surface area (Å²) >= 11 is 1.31. The van der Waals surface area contributed by atoms with Gasteiger partial charge in [0.2, 0.25) is 5.91 Å². The summed E-state index contributed by atoms with van der Waals surface area (Å²) in [5, 5.41) is 12.2. The molecule has 0 fully saturated rings. The molecular weight excluding hydrogens is 440 g/mol. The fourth-order valence-electron chi connectivity index (χ4n) is 3.22. The van der Waals surface area contributed by atoms with E-state index in [1.165, 1.54) is 11.8 Å². The molecule has 9 heteroatoms. The van der Waals surface area contributed by atoms with Gasteiger partial charge in [-0.2, -0.15) is 0 Å². The van der Waals surface area contributed by atoms with Crippen LogP contribution >= 0.6 is 11.8 Å². The number of anilines is 1. The molecule has 4 aromatic rings. The minimum atomic E-state index is -0.181. The van der Waals surface area contributed by atoms with Crippen molar-refractivity contribution in [3.63, 3.8) is 0 Å². The van der Waals surface area contributed by atoms with Crippen LogP contribution in [-0.4, -0.2) is 40.6 Å². The van der Waals surface area contributed by atoms with Crippen molar-refractivity contribution in [3.8, 4) is 22.9 Å². The first-order valence-corrected chi connectivity index (χ1v) is 11.2. The van der Waals surface area contributed by atoms with Gasteiger partial charge in [-0.15, -0.1) is 10.2 Å². The van der Waals surface area contributed by atoms with Crippen LogP contribution in [0.2, 0.25) is 0 Å². The number of carbonyl (C=O) groups excluding carboxylic acids is 1. The average molecular weight is 465 g/mol. The van der Waals surface area contributed by atoms with Crippen LogP contribution in [0.1, 0.15) is 11.3 Å². The molecule has 0 radical (unpaired) electrons. The Kier molecular flexibility index (Phi) is 6.99. The zero-order chi connectivity index (χ0) is 23.2. The van der Waals surface area contributed by atoms with Gasteiger partial charge in [-0.05, 0) is 19.1 Å². The Balaban J connectivity index is 1.51. The predicted octanol–water partition coefficient (Wildman–Crippen LogP) is 4.64. The van der Waals surface area contributed by atoms with Crippen LogP contribution in [0.5, 0.6) is 11.5 Å². The molecule has 0 spiro atoms. The molecule has 1 N–H and O–H groups in total. The van der Waals surface area contributed by atoms with Crippen molar-refractivity contribution < 1.29 is 18.7 Å². The molecule has 0 unspecified atom stereocenters. The van der Waals surface area contributed by atoms with E-state index in [1.54, 1.807) is 38.7 Å². The Morgan fingerprint density at radius 3 is 2.42 bits per heavy atom. The molecule has 1 amide bonds. The zero-order valence-electron chi connectivity index (χ0n) is 18.6. The normalized spacial score (nSPS) is 10.8. The number of aromatic nitrogens is 3. The Hall–Kier alpha value is -3.72. The van der Waals surface area contributed by atoms with Crippen LogP contribution in [0.15, 0.2) is 70.4 Å². The number of thioether (sulfide) groups is 1. The van der Waals surface area contributed by atoms with Gasteiger partial charge in [0.25, 0.3) is 0 Å². The van der Waals surface area contributed by atoms with Crippen LogP contribution in [0.4, 0.5) is 5.69 Å². The number of aryl methyl sites for hydroxylation is 1. The number of furan rings is 1. The van der Waals surface area contributed by atoms with Gasteiger partial charge in [0.05, 0.1) is 32.8 Å². The van der Waals surface area contributed by atoms with Crippen molar-refractivity contribution in [1.82, 2.24) is 14.8 Å². The van der Waals surface area contributed by atoms with Crippen molar-refractivity contribution in [1.29, 1.82) is 0 Å². The Morgan fingerprint density at radius 1 is 1.06 bits per heavy atom. The van der Waals surface area contributed by atoms with Gasteiger partial charge in [0.15, 0.2) is 11.0 Å². The molecule has 170 valence electrons. The smallest absolute Gasteiger partial charge is 0.234 e. The molecule has 2 aromatic carbocycles. The van der Waals surface area contributed by atoms with E-state index >= 15 is 0 Å². The highest BCUT2D eigenvalue weighted by Crippen LogP contribution is 2.28. The summed E-state index contributed by atoms with van der Waals surface area (Å²) in [5.41, 5.74) is 2.70. The maximum absolute atomic E-state index is 12.6. The highest BCUT2D eigenvalue weighted by Gasteiger charge is 2.17. The minimum Gasteiger partial charge on any atom is -0.497 e. The third kappa shape index (κ3) is 5.56. The summed E-state index contributed by atoms with van der Waals surface area (Å²) in [7, 11) is 3.13. The first-order chi connectivity index (χ1) is 16.1. The van der Waals surface area contributed by atoms with Crippen molar-refractivity contribution >= 4 is 23.4 Å². The second-order valence-electron chi connectivity index (χ2n) is 7.28. The van der Waals surface area contributed by atoms with E-state index in [0.717, 1.165) is 16.9 Å². The molecule has 0 aliphatic rings. The molecule has 2 aromatic heterocycles. The molecule has 0 aliphatic carbocycles. The molecular formula is C24H24N4O4S. The number of carbonyl (C=O) groups is 1. The number of rotatable bonds is 9. The molecule has 2 heterocycles. The summed E-state index contributed by atoms with van der Waals surface area (Å²) in [6.07, 6.45) is 1.63. The van der Waals surface area contributed by atoms with Gasteiger partial charge in [-0.3, -0.25) is 9.36 Å². The van der Waals surface area contributed by atoms with Gasteiger partial charge < -0.3 is 19.2 Å².